The van der Waals surface area contributed by atoms with Crippen LogP contribution in [0.4, 0.5) is 0 Å². The van der Waals surface area contributed by atoms with Crippen LogP contribution in [-0.4, -0.2) is 46.0 Å². The van der Waals surface area contributed by atoms with Gasteiger partial charge >= 0.3 is 0 Å². The molecule has 0 aromatic heterocycles. The van der Waals surface area contributed by atoms with Gasteiger partial charge in [-0.2, -0.15) is 12.6 Å². The van der Waals surface area contributed by atoms with Crippen molar-refractivity contribution >= 4 is 24.4 Å². The normalized spacial score (nSPS) is 20.2. The van der Waals surface area contributed by atoms with Crippen molar-refractivity contribution in [2.75, 3.05) is 24.7 Å². The average Bonchev–Trinajstić information content (AvgIpc) is 3.43. The van der Waals surface area contributed by atoms with Gasteiger partial charge < -0.3 is 19.7 Å². The summed E-state index contributed by atoms with van der Waals surface area (Å²) in [6.45, 7) is 4.91. The van der Waals surface area contributed by atoms with E-state index >= 15 is 0 Å². The summed E-state index contributed by atoms with van der Waals surface area (Å²) in [4.78, 5) is -0.690. The Morgan fingerprint density at radius 3 is 1.96 bits per heavy atom. The van der Waals surface area contributed by atoms with Crippen LogP contribution in [0.25, 0.3) is 0 Å². The van der Waals surface area contributed by atoms with Crippen molar-refractivity contribution in [3.05, 3.63) is 59.7 Å². The summed E-state index contributed by atoms with van der Waals surface area (Å²) in [6.07, 6.45) is -0.565. The first kappa shape index (κ1) is 20.4. The summed E-state index contributed by atoms with van der Waals surface area (Å²) in [7, 11) is 0. The number of aliphatic hydroxyl groups excluding tert-OH is 1. The highest BCUT2D eigenvalue weighted by Gasteiger charge is 2.42. The van der Waals surface area contributed by atoms with Crippen molar-refractivity contribution in [2.45, 2.75) is 30.3 Å². The molecule has 1 aliphatic rings. The van der Waals surface area contributed by atoms with Crippen molar-refractivity contribution in [3.63, 3.8) is 0 Å². The molecule has 0 amide bonds. The SMILES string of the molecule is CC(C)(c1ccc(OCC(O)CS)cc1)c1ccc(OCC2(O)CS2)cc1. The van der Waals surface area contributed by atoms with Gasteiger partial charge in [-0.15, -0.1) is 11.8 Å². The monoisotopic (exact) mass is 406 g/mol. The summed E-state index contributed by atoms with van der Waals surface area (Å²) in [5.41, 5.74) is 2.17. The quantitative estimate of drug-likeness (QED) is 0.440. The van der Waals surface area contributed by atoms with Crippen LogP contribution in [0.3, 0.4) is 0 Å². The average molecular weight is 407 g/mol. The third-order valence-electron chi connectivity index (χ3n) is 4.75. The topological polar surface area (TPSA) is 58.9 Å². The Kier molecular flexibility index (Phi) is 6.31. The third kappa shape index (κ3) is 5.35. The summed E-state index contributed by atoms with van der Waals surface area (Å²) < 4.78 is 11.2. The van der Waals surface area contributed by atoms with Crippen molar-refractivity contribution in [2.24, 2.45) is 0 Å². The Morgan fingerprint density at radius 1 is 1.04 bits per heavy atom. The molecule has 27 heavy (non-hydrogen) atoms. The molecule has 0 spiro atoms. The Balaban J connectivity index is 1.64. The van der Waals surface area contributed by atoms with Gasteiger partial charge in [0.15, 0.2) is 4.93 Å². The number of rotatable bonds is 9. The maximum absolute atomic E-state index is 9.84. The van der Waals surface area contributed by atoms with Crippen LogP contribution < -0.4 is 9.47 Å². The van der Waals surface area contributed by atoms with Gasteiger partial charge in [-0.3, -0.25) is 0 Å². The van der Waals surface area contributed by atoms with Crippen molar-refractivity contribution in [3.8, 4) is 11.5 Å². The minimum Gasteiger partial charge on any atom is -0.491 e. The number of hydrogen-bond acceptors (Lipinski definition) is 6. The molecule has 1 saturated heterocycles. The zero-order valence-corrected chi connectivity index (χ0v) is 17.3. The Morgan fingerprint density at radius 2 is 1.52 bits per heavy atom. The lowest BCUT2D eigenvalue weighted by Crippen LogP contribution is -2.20. The maximum Gasteiger partial charge on any atom is 0.153 e. The number of ether oxygens (including phenoxy) is 2. The fourth-order valence-corrected chi connectivity index (χ4v) is 3.21. The molecule has 2 N–H and O–H groups in total. The third-order valence-corrected chi connectivity index (χ3v) is 6.24. The Labute approximate surface area is 170 Å². The second kappa shape index (κ2) is 8.35. The van der Waals surface area contributed by atoms with Gasteiger partial charge in [0.1, 0.15) is 24.7 Å². The minimum absolute atomic E-state index is 0.174. The van der Waals surface area contributed by atoms with E-state index in [1.165, 1.54) is 22.9 Å². The van der Waals surface area contributed by atoms with E-state index < -0.39 is 11.0 Å². The predicted molar refractivity (Wildman–Crippen MR) is 113 cm³/mol. The van der Waals surface area contributed by atoms with Crippen LogP contribution >= 0.6 is 24.4 Å². The number of aliphatic hydroxyl groups is 2. The highest BCUT2D eigenvalue weighted by atomic mass is 32.2. The first-order valence-corrected chi connectivity index (χ1v) is 10.6. The second-order valence-corrected chi connectivity index (χ2v) is 9.05. The van der Waals surface area contributed by atoms with Crippen molar-refractivity contribution < 1.29 is 19.7 Å². The largest absolute Gasteiger partial charge is 0.491 e. The molecule has 0 bridgehead atoms. The molecule has 1 fully saturated rings. The van der Waals surface area contributed by atoms with E-state index in [4.69, 9.17) is 9.47 Å². The summed E-state index contributed by atoms with van der Waals surface area (Å²) in [5.74, 6) is 2.62. The molecule has 4 nitrogen and oxygen atoms in total. The van der Waals surface area contributed by atoms with Crippen LogP contribution in [0.1, 0.15) is 25.0 Å². The van der Waals surface area contributed by atoms with E-state index in [2.05, 4.69) is 38.6 Å². The van der Waals surface area contributed by atoms with Crippen LogP contribution in [0.5, 0.6) is 11.5 Å². The van der Waals surface area contributed by atoms with Crippen LogP contribution in [0.15, 0.2) is 48.5 Å². The smallest absolute Gasteiger partial charge is 0.153 e. The number of benzene rings is 2. The fourth-order valence-electron chi connectivity index (χ4n) is 2.71. The molecule has 1 aliphatic heterocycles. The standard InChI is InChI=1S/C21H26O4S2/c1-20(2,15-3-7-18(8-4-15)24-11-17(22)12-26)16-5-9-19(10-6-16)25-13-21(23)14-27-21/h3-10,17,22-23,26H,11-14H2,1-2H3. The summed E-state index contributed by atoms with van der Waals surface area (Å²) >= 11 is 5.55. The molecule has 6 heteroatoms. The predicted octanol–water partition coefficient (Wildman–Crippen LogP) is 3.50. The van der Waals surface area contributed by atoms with Gasteiger partial charge in [0.2, 0.25) is 0 Å². The molecule has 146 valence electrons. The number of thioether (sulfide) groups is 1. The van der Waals surface area contributed by atoms with Gasteiger partial charge in [0.05, 0.1) is 6.10 Å². The lowest BCUT2D eigenvalue weighted by molar-refractivity contribution is 0.120. The molecule has 0 aliphatic carbocycles. The molecule has 2 atom stereocenters. The van der Waals surface area contributed by atoms with E-state index in [1.54, 1.807) is 0 Å². The van der Waals surface area contributed by atoms with E-state index in [0.717, 1.165) is 17.3 Å². The van der Waals surface area contributed by atoms with Crippen LogP contribution in [0.2, 0.25) is 0 Å². The summed E-state index contributed by atoms with van der Waals surface area (Å²) in [5, 5.41) is 19.4. The molecule has 0 saturated carbocycles. The first-order chi connectivity index (χ1) is 12.8. The van der Waals surface area contributed by atoms with E-state index in [0.29, 0.717) is 12.4 Å². The first-order valence-electron chi connectivity index (χ1n) is 8.94. The molecule has 2 aromatic rings. The van der Waals surface area contributed by atoms with Gasteiger partial charge in [-0.05, 0) is 35.4 Å². The highest BCUT2D eigenvalue weighted by Crippen LogP contribution is 2.42. The summed E-state index contributed by atoms with van der Waals surface area (Å²) in [6, 6.07) is 16.0. The van der Waals surface area contributed by atoms with Gasteiger partial charge in [-0.25, -0.2) is 0 Å². The van der Waals surface area contributed by atoms with Crippen molar-refractivity contribution in [1.29, 1.82) is 0 Å². The zero-order chi connectivity index (χ0) is 19.5. The second-order valence-electron chi connectivity index (χ2n) is 7.34. The molecular weight excluding hydrogens is 380 g/mol. The minimum atomic E-state index is -0.690. The lowest BCUT2D eigenvalue weighted by atomic mass is 9.78. The fraction of sp³-hybridized carbons (Fsp3) is 0.429. The van der Waals surface area contributed by atoms with E-state index in [1.807, 2.05) is 36.4 Å². The molecule has 2 aromatic carbocycles. The Bertz CT molecular complexity index is 740. The molecule has 0 radical (unpaired) electrons. The van der Waals surface area contributed by atoms with E-state index in [9.17, 15) is 10.2 Å². The number of thiol groups is 1. The highest BCUT2D eigenvalue weighted by molar-refractivity contribution is 8.07. The van der Waals surface area contributed by atoms with Gasteiger partial charge in [-0.1, -0.05) is 38.1 Å². The molecule has 2 unspecified atom stereocenters. The molecular formula is C21H26O4S2. The van der Waals surface area contributed by atoms with Crippen molar-refractivity contribution in [1.82, 2.24) is 0 Å². The molecule has 1 heterocycles. The van der Waals surface area contributed by atoms with Crippen LogP contribution in [-0.2, 0) is 5.41 Å². The maximum atomic E-state index is 9.84. The van der Waals surface area contributed by atoms with Crippen LogP contribution in [0, 0.1) is 0 Å². The van der Waals surface area contributed by atoms with Gasteiger partial charge in [0.25, 0.3) is 0 Å². The van der Waals surface area contributed by atoms with Gasteiger partial charge in [0, 0.05) is 16.9 Å². The number of hydrogen-bond donors (Lipinski definition) is 3. The molecule has 3 rings (SSSR count). The lowest BCUT2D eigenvalue weighted by Gasteiger charge is -2.26. The Hall–Kier alpha value is -1.34. The van der Waals surface area contributed by atoms with E-state index in [-0.39, 0.29) is 12.0 Å². The zero-order valence-electron chi connectivity index (χ0n) is 15.6.